The van der Waals surface area contributed by atoms with Crippen LogP contribution in [0.5, 0.6) is 0 Å². The van der Waals surface area contributed by atoms with Crippen LogP contribution in [-0.2, 0) is 18.9 Å². The fourth-order valence-electron chi connectivity index (χ4n) is 1.24. The van der Waals surface area contributed by atoms with Gasteiger partial charge in [-0.25, -0.2) is 0 Å². The van der Waals surface area contributed by atoms with Crippen molar-refractivity contribution in [1.29, 1.82) is 0 Å². The lowest BCUT2D eigenvalue weighted by Crippen LogP contribution is -2.44. The summed E-state index contributed by atoms with van der Waals surface area (Å²) < 4.78 is 9.91. The van der Waals surface area contributed by atoms with E-state index in [1.807, 2.05) is 0 Å². The molecule has 1 N–H and O–H groups in total. The van der Waals surface area contributed by atoms with Crippen molar-refractivity contribution in [2.45, 2.75) is 26.2 Å². The summed E-state index contributed by atoms with van der Waals surface area (Å²) in [4.78, 5) is 33.5. The van der Waals surface area contributed by atoms with Gasteiger partial charge in [0.1, 0.15) is 5.78 Å². The fourth-order valence-corrected chi connectivity index (χ4v) is 1.24. The number of hydrogen-bond acceptors (Lipinski definition) is 5. The fraction of sp³-hybridized carbons (Fsp3) is 0.500. The first kappa shape index (κ1) is 13.3. The first-order chi connectivity index (χ1) is 7.99. The molecule has 0 aromatic carbocycles. The van der Waals surface area contributed by atoms with Crippen molar-refractivity contribution in [1.82, 2.24) is 5.32 Å². The molecule has 0 spiro atoms. The van der Waals surface area contributed by atoms with Crippen LogP contribution >= 0.6 is 0 Å². The Morgan fingerprint density at radius 1 is 1.41 bits per heavy atom. The summed E-state index contributed by atoms with van der Waals surface area (Å²) in [7, 11) is -1.35. The largest absolute Gasteiger partial charge is 0.695 e. The number of Topliss-reactive ketones (excluding diaryl/α,β-unsaturated/α-hetero) is 1. The number of nitrogens with one attached hydrogen (secondary N) is 1. The van der Waals surface area contributed by atoms with Gasteiger partial charge in [-0.15, -0.1) is 0 Å². The van der Waals surface area contributed by atoms with Crippen molar-refractivity contribution in [2.24, 2.45) is 0 Å². The standard InChI is InChI=1S/C10H14BNO5/c1-7(13)6-12-10(15)11-16-8(2)4-3-5-9(14)17-11/h2-6H2,1H3,(H,12,15). The molecule has 1 heterocycles. The van der Waals surface area contributed by atoms with Crippen molar-refractivity contribution >= 4 is 24.7 Å². The van der Waals surface area contributed by atoms with Gasteiger partial charge in [-0.05, 0) is 13.3 Å². The Kier molecular flexibility index (Phi) is 4.75. The number of hydrogen-bond donors (Lipinski definition) is 1. The Hall–Kier alpha value is -1.79. The molecule has 1 saturated heterocycles. The first-order valence-electron chi connectivity index (χ1n) is 5.30. The smallest absolute Gasteiger partial charge is 0.523 e. The molecule has 0 aliphatic carbocycles. The number of amides is 1. The molecule has 0 bridgehead atoms. The monoisotopic (exact) mass is 239 g/mol. The minimum atomic E-state index is -1.35. The van der Waals surface area contributed by atoms with E-state index in [0.717, 1.165) is 0 Å². The highest BCUT2D eigenvalue weighted by Gasteiger charge is 2.37. The van der Waals surface area contributed by atoms with E-state index >= 15 is 0 Å². The minimum Gasteiger partial charge on any atom is -0.523 e. The molecule has 0 radical (unpaired) electrons. The topological polar surface area (TPSA) is 81.7 Å². The van der Waals surface area contributed by atoms with Gasteiger partial charge < -0.3 is 14.6 Å². The summed E-state index contributed by atoms with van der Waals surface area (Å²) in [5, 5.41) is 2.31. The summed E-state index contributed by atoms with van der Waals surface area (Å²) in [5.74, 6) is -0.966. The first-order valence-corrected chi connectivity index (χ1v) is 5.30. The number of carbonyl (C=O) groups excluding carboxylic acids is 3. The summed E-state index contributed by atoms with van der Waals surface area (Å²) in [6, 6.07) is 0. The molecule has 0 unspecified atom stereocenters. The maximum Gasteiger partial charge on any atom is 0.695 e. The minimum absolute atomic E-state index is 0.122. The van der Waals surface area contributed by atoms with Gasteiger partial charge >= 0.3 is 7.12 Å². The number of rotatable bonds is 3. The lowest BCUT2D eigenvalue weighted by atomic mass is 9.87. The van der Waals surface area contributed by atoms with Crippen molar-refractivity contribution in [3.8, 4) is 0 Å². The molecule has 6 nitrogen and oxygen atoms in total. The van der Waals surface area contributed by atoms with Crippen LogP contribution in [0.3, 0.4) is 0 Å². The molecule has 1 amide bonds. The van der Waals surface area contributed by atoms with Gasteiger partial charge in [0, 0.05) is 12.8 Å². The molecule has 1 aliphatic heterocycles. The molecule has 0 aromatic rings. The van der Waals surface area contributed by atoms with Crippen LogP contribution in [0.4, 0.5) is 4.79 Å². The second kappa shape index (κ2) is 6.07. The van der Waals surface area contributed by atoms with Crippen LogP contribution in [0.2, 0.25) is 0 Å². The number of carbonyl (C=O) groups is 3. The second-order valence-electron chi connectivity index (χ2n) is 3.75. The lowest BCUT2D eigenvalue weighted by Gasteiger charge is -2.19. The quantitative estimate of drug-likeness (QED) is 0.729. The summed E-state index contributed by atoms with van der Waals surface area (Å²) in [6.07, 6.45) is 1.31. The summed E-state index contributed by atoms with van der Waals surface area (Å²) in [5.41, 5.74) is 0. The van der Waals surface area contributed by atoms with Crippen LogP contribution in [0.1, 0.15) is 26.2 Å². The molecule has 0 saturated carbocycles. The Morgan fingerprint density at radius 3 is 2.76 bits per heavy atom. The van der Waals surface area contributed by atoms with Gasteiger partial charge in [0.2, 0.25) is 0 Å². The van der Waals surface area contributed by atoms with E-state index in [4.69, 9.17) is 9.31 Å². The average Bonchev–Trinajstić information content (AvgIpc) is 2.22. The summed E-state index contributed by atoms with van der Waals surface area (Å²) in [6.45, 7) is 4.82. The van der Waals surface area contributed by atoms with Gasteiger partial charge in [-0.2, -0.15) is 0 Å². The predicted molar refractivity (Wildman–Crippen MR) is 60.0 cm³/mol. The highest BCUT2D eigenvalue weighted by Crippen LogP contribution is 2.14. The zero-order valence-corrected chi connectivity index (χ0v) is 9.65. The molecule has 7 heteroatoms. The van der Waals surface area contributed by atoms with Crippen molar-refractivity contribution < 1.29 is 23.7 Å². The van der Waals surface area contributed by atoms with E-state index in [-0.39, 0.29) is 18.7 Å². The third-order valence-corrected chi connectivity index (χ3v) is 2.07. The van der Waals surface area contributed by atoms with E-state index < -0.39 is 18.9 Å². The molecule has 17 heavy (non-hydrogen) atoms. The van der Waals surface area contributed by atoms with Gasteiger partial charge in [-0.3, -0.25) is 14.4 Å². The summed E-state index contributed by atoms with van der Waals surface area (Å²) >= 11 is 0. The van der Waals surface area contributed by atoms with Crippen molar-refractivity contribution in [3.63, 3.8) is 0 Å². The third kappa shape index (κ3) is 4.71. The van der Waals surface area contributed by atoms with Crippen molar-refractivity contribution in [3.05, 3.63) is 12.3 Å². The highest BCUT2D eigenvalue weighted by atomic mass is 16.6. The normalized spacial score (nSPS) is 16.4. The molecule has 0 atom stereocenters. The molecule has 0 aromatic heterocycles. The molecular weight excluding hydrogens is 225 g/mol. The maximum absolute atomic E-state index is 11.6. The number of allylic oxidation sites excluding steroid dienone is 1. The molecule has 1 rings (SSSR count). The Balaban J connectivity index is 2.57. The Bertz CT molecular complexity index is 337. The average molecular weight is 239 g/mol. The van der Waals surface area contributed by atoms with Crippen molar-refractivity contribution in [2.75, 3.05) is 6.54 Å². The van der Waals surface area contributed by atoms with E-state index in [2.05, 4.69) is 11.9 Å². The number of ketones is 1. The maximum atomic E-state index is 11.6. The van der Waals surface area contributed by atoms with Gasteiger partial charge in [0.15, 0.2) is 0 Å². The zero-order chi connectivity index (χ0) is 12.8. The van der Waals surface area contributed by atoms with Gasteiger partial charge in [0.05, 0.1) is 12.3 Å². The van der Waals surface area contributed by atoms with Crippen LogP contribution in [0, 0.1) is 0 Å². The SMILES string of the molecule is C=C1CCCC(=O)OB(C(=O)NCC(C)=O)O1. The Morgan fingerprint density at radius 2 is 2.12 bits per heavy atom. The molecule has 92 valence electrons. The molecule has 1 aliphatic rings. The molecule has 1 fully saturated rings. The Labute approximate surface area is 99.5 Å². The van der Waals surface area contributed by atoms with Crippen LogP contribution in [0.25, 0.3) is 0 Å². The zero-order valence-electron chi connectivity index (χ0n) is 9.65. The second-order valence-corrected chi connectivity index (χ2v) is 3.75. The lowest BCUT2D eigenvalue weighted by molar-refractivity contribution is -0.136. The van der Waals surface area contributed by atoms with Gasteiger partial charge in [0.25, 0.3) is 11.8 Å². The van der Waals surface area contributed by atoms with E-state index in [1.54, 1.807) is 0 Å². The highest BCUT2D eigenvalue weighted by molar-refractivity contribution is 6.81. The van der Waals surface area contributed by atoms with E-state index in [0.29, 0.717) is 18.6 Å². The predicted octanol–water partition coefficient (Wildman–Crippen LogP) is 0.612. The van der Waals surface area contributed by atoms with Crippen LogP contribution < -0.4 is 5.32 Å². The van der Waals surface area contributed by atoms with E-state index in [9.17, 15) is 14.4 Å². The van der Waals surface area contributed by atoms with Crippen LogP contribution in [0.15, 0.2) is 12.3 Å². The van der Waals surface area contributed by atoms with Crippen LogP contribution in [-0.4, -0.2) is 31.2 Å². The third-order valence-electron chi connectivity index (χ3n) is 2.07. The van der Waals surface area contributed by atoms with E-state index in [1.165, 1.54) is 6.92 Å². The molecular formula is C10H14BNO5. The van der Waals surface area contributed by atoms with Gasteiger partial charge in [-0.1, -0.05) is 6.58 Å².